The Bertz CT molecular complexity index is 215. The van der Waals surface area contributed by atoms with E-state index in [1.165, 1.54) is 12.8 Å². The molecule has 0 amide bonds. The van der Waals surface area contributed by atoms with E-state index in [0.29, 0.717) is 0 Å². The van der Waals surface area contributed by atoms with Crippen molar-refractivity contribution in [1.29, 1.82) is 0 Å². The molecule has 0 N–H and O–H groups in total. The Morgan fingerprint density at radius 3 is 2.82 bits per heavy atom. The minimum Gasteiger partial charge on any atom is -0.353 e. The van der Waals surface area contributed by atoms with E-state index in [9.17, 15) is 0 Å². The van der Waals surface area contributed by atoms with Crippen LogP contribution in [0.15, 0.2) is 24.3 Å². The molecule has 0 aromatic rings. The minimum absolute atomic E-state index is 0.0696. The highest BCUT2D eigenvalue weighted by molar-refractivity contribution is 4.92. The topological polar surface area (TPSA) is 18.5 Å². The second kappa shape index (κ2) is 10.5. The summed E-state index contributed by atoms with van der Waals surface area (Å²) in [6, 6.07) is 0. The fourth-order valence-corrected chi connectivity index (χ4v) is 1.81. The first-order chi connectivity index (χ1) is 8.43. The molecule has 0 aromatic heterocycles. The zero-order valence-corrected chi connectivity index (χ0v) is 11.1. The molecule has 1 rings (SSSR count). The highest BCUT2D eigenvalue weighted by atomic mass is 16.7. The zero-order valence-electron chi connectivity index (χ0n) is 11.1. The third-order valence-electron chi connectivity index (χ3n) is 2.80. The highest BCUT2D eigenvalue weighted by Crippen LogP contribution is 2.13. The molecule has 1 saturated heterocycles. The average Bonchev–Trinajstić information content (AvgIpc) is 2.38. The molecular formula is C15H26O2. The molecule has 1 aliphatic rings. The van der Waals surface area contributed by atoms with Crippen LogP contribution in [0.2, 0.25) is 0 Å². The summed E-state index contributed by atoms with van der Waals surface area (Å²) < 4.78 is 11.2. The van der Waals surface area contributed by atoms with E-state index in [1.54, 1.807) is 0 Å². The molecule has 1 unspecified atom stereocenters. The van der Waals surface area contributed by atoms with Gasteiger partial charge in [-0.25, -0.2) is 0 Å². The Morgan fingerprint density at radius 1 is 1.18 bits per heavy atom. The Hall–Kier alpha value is -0.600. The quantitative estimate of drug-likeness (QED) is 0.465. The van der Waals surface area contributed by atoms with Gasteiger partial charge in [0.15, 0.2) is 6.29 Å². The first-order valence-electron chi connectivity index (χ1n) is 6.96. The lowest BCUT2D eigenvalue weighted by molar-refractivity contribution is -0.162. The van der Waals surface area contributed by atoms with Crippen LogP contribution >= 0.6 is 0 Å². The van der Waals surface area contributed by atoms with E-state index in [2.05, 4.69) is 31.2 Å². The number of ether oxygens (including phenoxy) is 2. The minimum atomic E-state index is 0.0696. The van der Waals surface area contributed by atoms with Gasteiger partial charge in [0.1, 0.15) is 0 Å². The predicted octanol–water partition coefficient (Wildman–Crippen LogP) is 4.22. The van der Waals surface area contributed by atoms with Gasteiger partial charge in [-0.3, -0.25) is 0 Å². The second-order valence-corrected chi connectivity index (χ2v) is 4.40. The van der Waals surface area contributed by atoms with Gasteiger partial charge >= 0.3 is 0 Å². The van der Waals surface area contributed by atoms with E-state index in [-0.39, 0.29) is 6.29 Å². The van der Waals surface area contributed by atoms with Crippen molar-refractivity contribution in [2.75, 3.05) is 13.2 Å². The molecule has 98 valence electrons. The first-order valence-corrected chi connectivity index (χ1v) is 6.96. The normalized spacial score (nSPS) is 21.6. The Morgan fingerprint density at radius 2 is 2.06 bits per heavy atom. The monoisotopic (exact) mass is 238 g/mol. The number of hydrogen-bond acceptors (Lipinski definition) is 2. The van der Waals surface area contributed by atoms with Crippen LogP contribution in [0.4, 0.5) is 0 Å². The van der Waals surface area contributed by atoms with Crippen LogP contribution in [0.3, 0.4) is 0 Å². The summed E-state index contributed by atoms with van der Waals surface area (Å²) in [4.78, 5) is 0. The summed E-state index contributed by atoms with van der Waals surface area (Å²) in [5.41, 5.74) is 0. The van der Waals surface area contributed by atoms with Gasteiger partial charge in [-0.05, 0) is 44.9 Å². The summed E-state index contributed by atoms with van der Waals surface area (Å²) >= 11 is 0. The molecule has 17 heavy (non-hydrogen) atoms. The van der Waals surface area contributed by atoms with Crippen molar-refractivity contribution in [3.63, 3.8) is 0 Å². The molecule has 0 bridgehead atoms. The lowest BCUT2D eigenvalue weighted by atomic mass is 10.2. The van der Waals surface area contributed by atoms with Crippen LogP contribution in [-0.2, 0) is 9.47 Å². The molecule has 1 fully saturated rings. The average molecular weight is 238 g/mol. The Labute approximate surface area is 106 Å². The van der Waals surface area contributed by atoms with E-state index in [4.69, 9.17) is 9.47 Å². The predicted molar refractivity (Wildman–Crippen MR) is 72.0 cm³/mol. The zero-order chi connectivity index (χ0) is 12.2. The Kier molecular flexibility index (Phi) is 8.97. The lowest BCUT2D eigenvalue weighted by Gasteiger charge is -2.22. The fraction of sp³-hybridized carbons (Fsp3) is 0.733. The van der Waals surface area contributed by atoms with Crippen LogP contribution in [0.5, 0.6) is 0 Å². The third-order valence-corrected chi connectivity index (χ3v) is 2.80. The first kappa shape index (κ1) is 14.5. The number of unbranched alkanes of at least 4 members (excludes halogenated alkanes) is 1. The van der Waals surface area contributed by atoms with E-state index in [0.717, 1.165) is 45.3 Å². The fourth-order valence-electron chi connectivity index (χ4n) is 1.81. The molecule has 1 heterocycles. The number of hydrogen-bond donors (Lipinski definition) is 0. The molecular weight excluding hydrogens is 212 g/mol. The third kappa shape index (κ3) is 8.17. The highest BCUT2D eigenvalue weighted by Gasteiger charge is 2.12. The van der Waals surface area contributed by atoms with Crippen LogP contribution in [0, 0.1) is 0 Å². The van der Waals surface area contributed by atoms with Gasteiger partial charge in [0.05, 0.1) is 6.61 Å². The molecule has 1 atom stereocenters. The summed E-state index contributed by atoms with van der Waals surface area (Å²) in [6.45, 7) is 3.85. The number of allylic oxidation sites excluding steroid dienone is 4. The van der Waals surface area contributed by atoms with Crippen LogP contribution < -0.4 is 0 Å². The van der Waals surface area contributed by atoms with Gasteiger partial charge in [0.25, 0.3) is 0 Å². The van der Waals surface area contributed by atoms with Crippen molar-refractivity contribution in [2.45, 2.75) is 58.2 Å². The SMILES string of the molecule is CC/C=C\C/C=C\CCCOC1CCCCO1. The second-order valence-electron chi connectivity index (χ2n) is 4.40. The van der Waals surface area contributed by atoms with Crippen LogP contribution in [0.1, 0.15) is 51.9 Å². The van der Waals surface area contributed by atoms with Gasteiger partial charge in [0, 0.05) is 6.61 Å². The molecule has 0 radical (unpaired) electrons. The van der Waals surface area contributed by atoms with Gasteiger partial charge in [-0.2, -0.15) is 0 Å². The van der Waals surface area contributed by atoms with Crippen molar-refractivity contribution in [3.05, 3.63) is 24.3 Å². The summed E-state index contributed by atoms with van der Waals surface area (Å²) in [5.74, 6) is 0. The molecule has 0 aliphatic carbocycles. The molecule has 2 nitrogen and oxygen atoms in total. The molecule has 0 aromatic carbocycles. The molecule has 0 spiro atoms. The van der Waals surface area contributed by atoms with Crippen molar-refractivity contribution in [1.82, 2.24) is 0 Å². The number of rotatable bonds is 8. The summed E-state index contributed by atoms with van der Waals surface area (Å²) in [5, 5.41) is 0. The van der Waals surface area contributed by atoms with Crippen molar-refractivity contribution in [2.24, 2.45) is 0 Å². The maximum absolute atomic E-state index is 5.66. The molecule has 1 aliphatic heterocycles. The van der Waals surface area contributed by atoms with Crippen molar-refractivity contribution >= 4 is 0 Å². The van der Waals surface area contributed by atoms with Gasteiger partial charge in [-0.15, -0.1) is 0 Å². The smallest absolute Gasteiger partial charge is 0.157 e. The van der Waals surface area contributed by atoms with E-state index in [1.807, 2.05) is 0 Å². The summed E-state index contributed by atoms with van der Waals surface area (Å²) in [7, 11) is 0. The summed E-state index contributed by atoms with van der Waals surface area (Å²) in [6.07, 6.45) is 16.8. The maximum atomic E-state index is 5.66. The van der Waals surface area contributed by atoms with Crippen LogP contribution in [0.25, 0.3) is 0 Å². The van der Waals surface area contributed by atoms with Crippen molar-refractivity contribution < 1.29 is 9.47 Å². The maximum Gasteiger partial charge on any atom is 0.157 e. The Balaban J connectivity index is 1.88. The molecule has 0 saturated carbocycles. The standard InChI is InChI=1S/C15H26O2/c1-2-3-4-5-6-7-8-10-13-16-15-12-9-11-14-17-15/h3-4,6-7,15H,2,5,8-14H2,1H3/b4-3-,7-6-. The van der Waals surface area contributed by atoms with Gasteiger partial charge < -0.3 is 9.47 Å². The largest absolute Gasteiger partial charge is 0.353 e. The van der Waals surface area contributed by atoms with E-state index < -0.39 is 0 Å². The van der Waals surface area contributed by atoms with Crippen LogP contribution in [-0.4, -0.2) is 19.5 Å². The van der Waals surface area contributed by atoms with Gasteiger partial charge in [-0.1, -0.05) is 31.2 Å². The van der Waals surface area contributed by atoms with E-state index >= 15 is 0 Å². The van der Waals surface area contributed by atoms with Crippen molar-refractivity contribution in [3.8, 4) is 0 Å². The van der Waals surface area contributed by atoms with Gasteiger partial charge in [0.2, 0.25) is 0 Å². The molecule has 2 heteroatoms. The lowest BCUT2D eigenvalue weighted by Crippen LogP contribution is -2.22.